The van der Waals surface area contributed by atoms with Crippen molar-refractivity contribution in [2.45, 2.75) is 25.7 Å². The molecule has 0 bridgehead atoms. The first-order valence-corrected chi connectivity index (χ1v) is 10.6. The summed E-state index contributed by atoms with van der Waals surface area (Å²) in [7, 11) is -3.53. The minimum absolute atomic E-state index is 0.0547. The average molecular weight is 412 g/mol. The Bertz CT molecular complexity index is 947. The number of carbonyl (C=O) groups is 1. The third kappa shape index (κ3) is 5.40. The van der Waals surface area contributed by atoms with Crippen LogP contribution in [0.1, 0.15) is 36.0 Å². The van der Waals surface area contributed by atoms with Crippen LogP contribution in [0.5, 0.6) is 0 Å². The van der Waals surface area contributed by atoms with E-state index in [1.807, 2.05) is 0 Å². The molecule has 6 nitrogen and oxygen atoms in total. The van der Waals surface area contributed by atoms with Crippen molar-refractivity contribution in [1.29, 1.82) is 0 Å². The lowest BCUT2D eigenvalue weighted by Gasteiger charge is -2.12. The van der Waals surface area contributed by atoms with Gasteiger partial charge in [0.05, 0.1) is 10.8 Å². The molecule has 1 heterocycles. The third-order valence-corrected chi connectivity index (χ3v) is 6.11. The van der Waals surface area contributed by atoms with E-state index < -0.39 is 21.7 Å². The summed E-state index contributed by atoms with van der Waals surface area (Å²) >= 11 is 5.70. The Morgan fingerprint density at radius 2 is 1.96 bits per heavy atom. The van der Waals surface area contributed by atoms with Crippen LogP contribution in [0.15, 0.2) is 36.5 Å². The molecular formula is C18H19ClFN3O3S. The molecule has 3 rings (SSSR count). The van der Waals surface area contributed by atoms with Crippen molar-refractivity contribution < 1.29 is 17.6 Å². The van der Waals surface area contributed by atoms with Gasteiger partial charge in [-0.1, -0.05) is 24.4 Å². The van der Waals surface area contributed by atoms with Crippen LogP contribution in [0.3, 0.4) is 0 Å². The number of hydrogen-bond donors (Lipinski definition) is 2. The molecule has 1 aromatic carbocycles. The molecule has 144 valence electrons. The van der Waals surface area contributed by atoms with Crippen LogP contribution in [0.4, 0.5) is 15.9 Å². The molecule has 1 aromatic heterocycles. The molecule has 0 radical (unpaired) electrons. The normalized spacial score (nSPS) is 14.9. The lowest BCUT2D eigenvalue weighted by molar-refractivity contribution is 0.102. The molecule has 2 N–H and O–H groups in total. The summed E-state index contributed by atoms with van der Waals surface area (Å²) in [5.74, 6) is -0.775. The zero-order valence-corrected chi connectivity index (χ0v) is 16.0. The number of hydrogen-bond acceptors (Lipinski definition) is 4. The predicted molar refractivity (Wildman–Crippen MR) is 103 cm³/mol. The molecule has 27 heavy (non-hydrogen) atoms. The number of pyridine rings is 1. The summed E-state index contributed by atoms with van der Waals surface area (Å²) in [4.78, 5) is 16.3. The van der Waals surface area contributed by atoms with Gasteiger partial charge in [-0.2, -0.15) is 0 Å². The van der Waals surface area contributed by atoms with Gasteiger partial charge in [-0.15, -0.1) is 0 Å². The van der Waals surface area contributed by atoms with Gasteiger partial charge < -0.3 is 5.32 Å². The smallest absolute Gasteiger partial charge is 0.255 e. The second-order valence-corrected chi connectivity index (χ2v) is 8.72. The van der Waals surface area contributed by atoms with Gasteiger partial charge in [-0.05, 0) is 49.1 Å². The van der Waals surface area contributed by atoms with Gasteiger partial charge in [-0.3, -0.25) is 9.52 Å². The lowest BCUT2D eigenvalue weighted by atomic mass is 10.1. The fourth-order valence-corrected chi connectivity index (χ4v) is 4.74. The summed E-state index contributed by atoms with van der Waals surface area (Å²) in [5, 5.41) is 2.47. The van der Waals surface area contributed by atoms with Gasteiger partial charge in [0.15, 0.2) is 0 Å². The number of benzene rings is 1. The summed E-state index contributed by atoms with van der Waals surface area (Å²) in [6.07, 6.45) is 5.29. The van der Waals surface area contributed by atoms with E-state index in [4.69, 9.17) is 11.6 Å². The summed E-state index contributed by atoms with van der Waals surface area (Å²) in [6, 6.07) is 6.63. The van der Waals surface area contributed by atoms with Crippen molar-refractivity contribution >= 4 is 39.0 Å². The van der Waals surface area contributed by atoms with Crippen molar-refractivity contribution in [2.24, 2.45) is 5.92 Å². The van der Waals surface area contributed by atoms with Crippen LogP contribution in [0.2, 0.25) is 5.02 Å². The van der Waals surface area contributed by atoms with Gasteiger partial charge in [-0.25, -0.2) is 17.8 Å². The van der Waals surface area contributed by atoms with Gasteiger partial charge in [0.25, 0.3) is 5.91 Å². The minimum Gasteiger partial charge on any atom is -0.322 e. The van der Waals surface area contributed by atoms with Crippen molar-refractivity contribution in [1.82, 2.24) is 4.98 Å². The predicted octanol–water partition coefficient (Wildman–Crippen LogP) is 4.06. The zero-order valence-electron chi connectivity index (χ0n) is 14.4. The van der Waals surface area contributed by atoms with E-state index in [0.717, 1.165) is 31.7 Å². The SMILES string of the molecule is O=C(Nc1ccc(F)c(Cl)c1)c1ccnc(NS(=O)(=O)CC2CCCC2)c1. The average Bonchev–Trinajstić information content (AvgIpc) is 3.10. The van der Waals surface area contributed by atoms with Crippen molar-refractivity contribution in [2.75, 3.05) is 15.8 Å². The molecule has 0 atom stereocenters. The Kier molecular flexibility index (Phi) is 5.96. The number of anilines is 2. The van der Waals surface area contributed by atoms with Crippen LogP contribution in [-0.4, -0.2) is 25.1 Å². The van der Waals surface area contributed by atoms with E-state index in [1.165, 1.54) is 30.5 Å². The number of aromatic nitrogens is 1. The Hall–Kier alpha value is -2.19. The number of sulfonamides is 1. The molecule has 0 spiro atoms. The number of carbonyl (C=O) groups excluding carboxylic acids is 1. The number of nitrogens with one attached hydrogen (secondary N) is 2. The Labute approximate surface area is 162 Å². The van der Waals surface area contributed by atoms with Crippen LogP contribution < -0.4 is 10.0 Å². The standard InChI is InChI=1S/C18H19ClFN3O3S/c19-15-10-14(5-6-16(15)20)22-18(24)13-7-8-21-17(9-13)23-27(25,26)11-12-3-1-2-4-12/h5-10,12H,1-4,11H2,(H,21,23)(H,22,24). The molecule has 0 saturated heterocycles. The Morgan fingerprint density at radius 3 is 2.67 bits per heavy atom. The first-order chi connectivity index (χ1) is 12.8. The topological polar surface area (TPSA) is 88.2 Å². The van der Waals surface area contributed by atoms with Crippen molar-refractivity contribution in [3.63, 3.8) is 0 Å². The fourth-order valence-electron chi connectivity index (χ4n) is 3.09. The zero-order chi connectivity index (χ0) is 19.4. The van der Waals surface area contributed by atoms with Gasteiger partial charge in [0.2, 0.25) is 10.0 Å². The highest BCUT2D eigenvalue weighted by atomic mass is 35.5. The number of nitrogens with zero attached hydrogens (tertiary/aromatic N) is 1. The largest absolute Gasteiger partial charge is 0.322 e. The van der Waals surface area contributed by atoms with Gasteiger partial charge in [0.1, 0.15) is 11.6 Å². The maximum absolute atomic E-state index is 13.2. The first kappa shape index (κ1) is 19.6. The molecule has 1 fully saturated rings. The maximum atomic E-state index is 13.2. The molecule has 1 amide bonds. The highest BCUT2D eigenvalue weighted by Gasteiger charge is 2.23. The first-order valence-electron chi connectivity index (χ1n) is 8.55. The highest BCUT2D eigenvalue weighted by molar-refractivity contribution is 7.92. The Morgan fingerprint density at radius 1 is 1.22 bits per heavy atom. The highest BCUT2D eigenvalue weighted by Crippen LogP contribution is 2.26. The van der Waals surface area contributed by atoms with E-state index in [0.29, 0.717) is 5.69 Å². The molecule has 2 aromatic rings. The fraction of sp³-hybridized carbons (Fsp3) is 0.333. The maximum Gasteiger partial charge on any atom is 0.255 e. The minimum atomic E-state index is -3.53. The van der Waals surface area contributed by atoms with Crippen LogP contribution in [0.25, 0.3) is 0 Å². The molecular weight excluding hydrogens is 393 g/mol. The molecule has 1 aliphatic rings. The summed E-state index contributed by atoms with van der Waals surface area (Å²) in [5.41, 5.74) is 0.538. The van der Waals surface area contributed by atoms with E-state index in [2.05, 4.69) is 15.0 Å². The van der Waals surface area contributed by atoms with Gasteiger partial charge >= 0.3 is 0 Å². The van der Waals surface area contributed by atoms with Crippen molar-refractivity contribution in [3.8, 4) is 0 Å². The molecule has 0 unspecified atom stereocenters. The Balaban J connectivity index is 1.68. The number of amides is 1. The third-order valence-electron chi connectivity index (χ3n) is 4.39. The van der Waals surface area contributed by atoms with E-state index in [-0.39, 0.29) is 28.1 Å². The molecule has 9 heteroatoms. The van der Waals surface area contributed by atoms with E-state index >= 15 is 0 Å². The monoisotopic (exact) mass is 411 g/mol. The summed E-state index contributed by atoms with van der Waals surface area (Å²) in [6.45, 7) is 0. The number of halogens is 2. The number of rotatable bonds is 6. The van der Waals surface area contributed by atoms with Gasteiger partial charge in [0, 0.05) is 17.4 Å². The molecule has 0 aliphatic heterocycles. The van der Waals surface area contributed by atoms with E-state index in [1.54, 1.807) is 0 Å². The van der Waals surface area contributed by atoms with Crippen LogP contribution in [-0.2, 0) is 10.0 Å². The quantitative estimate of drug-likeness (QED) is 0.750. The van der Waals surface area contributed by atoms with Crippen molar-refractivity contribution in [3.05, 3.63) is 52.9 Å². The molecule has 1 saturated carbocycles. The van der Waals surface area contributed by atoms with Crippen LogP contribution in [0, 0.1) is 11.7 Å². The van der Waals surface area contributed by atoms with Crippen LogP contribution >= 0.6 is 11.6 Å². The summed E-state index contributed by atoms with van der Waals surface area (Å²) < 4.78 is 40.2. The molecule has 1 aliphatic carbocycles. The van der Waals surface area contributed by atoms with E-state index in [9.17, 15) is 17.6 Å². The lowest BCUT2D eigenvalue weighted by Crippen LogP contribution is -2.22. The second-order valence-electron chi connectivity index (χ2n) is 6.55. The second kappa shape index (κ2) is 8.22.